The fraction of sp³-hybridized carbons (Fsp3) is 0.310. The molecule has 35 heavy (non-hydrogen) atoms. The van der Waals surface area contributed by atoms with Gasteiger partial charge in [0.25, 0.3) is 5.91 Å². The van der Waals surface area contributed by atoms with Gasteiger partial charge in [0.05, 0.1) is 13.2 Å². The minimum absolute atomic E-state index is 0.0878. The summed E-state index contributed by atoms with van der Waals surface area (Å²) in [4.78, 5) is 25.1. The molecule has 2 amide bonds. The fourth-order valence-corrected chi connectivity index (χ4v) is 4.27. The Bertz CT molecular complexity index is 1110. The Labute approximate surface area is 207 Å². The largest absolute Gasteiger partial charge is 0.493 e. The van der Waals surface area contributed by atoms with Crippen LogP contribution in [0.1, 0.15) is 48.0 Å². The van der Waals surface area contributed by atoms with Gasteiger partial charge >= 0.3 is 0 Å². The third-order valence-electron chi connectivity index (χ3n) is 6.14. The first-order chi connectivity index (χ1) is 17.2. The van der Waals surface area contributed by atoms with E-state index in [1.165, 1.54) is 12.0 Å². The third kappa shape index (κ3) is 7.88. The van der Waals surface area contributed by atoms with Crippen molar-refractivity contribution in [2.75, 3.05) is 23.8 Å². The van der Waals surface area contributed by atoms with Crippen LogP contribution in [0.4, 0.5) is 11.4 Å². The van der Waals surface area contributed by atoms with E-state index in [2.05, 4.69) is 28.1 Å². The smallest absolute Gasteiger partial charge is 0.251 e. The summed E-state index contributed by atoms with van der Waals surface area (Å²) >= 11 is 0. The van der Waals surface area contributed by atoms with Gasteiger partial charge < -0.3 is 20.7 Å². The summed E-state index contributed by atoms with van der Waals surface area (Å²) in [6, 6.07) is 25.1. The molecule has 3 aromatic rings. The van der Waals surface area contributed by atoms with Gasteiger partial charge in [-0.1, -0.05) is 61.7 Å². The molecule has 0 spiro atoms. The van der Waals surface area contributed by atoms with Crippen molar-refractivity contribution in [2.45, 2.75) is 44.6 Å². The minimum atomic E-state index is -0.190. The van der Waals surface area contributed by atoms with E-state index in [-0.39, 0.29) is 24.4 Å². The van der Waals surface area contributed by atoms with Crippen LogP contribution in [0.3, 0.4) is 0 Å². The molecular formula is C29H33N3O3. The Kier molecular flexibility index (Phi) is 8.76. The van der Waals surface area contributed by atoms with E-state index in [9.17, 15) is 9.59 Å². The van der Waals surface area contributed by atoms with Gasteiger partial charge in [-0.15, -0.1) is 0 Å². The van der Waals surface area contributed by atoms with Crippen molar-refractivity contribution in [3.63, 3.8) is 0 Å². The molecule has 6 nitrogen and oxygen atoms in total. The Balaban J connectivity index is 1.23. The van der Waals surface area contributed by atoms with Crippen LogP contribution in [0.25, 0.3) is 0 Å². The molecule has 182 valence electrons. The summed E-state index contributed by atoms with van der Waals surface area (Å²) in [5.74, 6) is 0.475. The van der Waals surface area contributed by atoms with E-state index in [1.54, 1.807) is 24.3 Å². The third-order valence-corrected chi connectivity index (χ3v) is 6.14. The molecule has 3 aromatic carbocycles. The van der Waals surface area contributed by atoms with Gasteiger partial charge in [-0.2, -0.15) is 0 Å². The van der Waals surface area contributed by atoms with Gasteiger partial charge in [-0.25, -0.2) is 0 Å². The topological polar surface area (TPSA) is 79.5 Å². The average molecular weight is 472 g/mol. The summed E-state index contributed by atoms with van der Waals surface area (Å²) in [5.41, 5.74) is 3.19. The van der Waals surface area contributed by atoms with Gasteiger partial charge in [-0.05, 0) is 48.7 Å². The van der Waals surface area contributed by atoms with E-state index in [0.717, 1.165) is 43.5 Å². The normalized spacial score (nSPS) is 13.6. The number of benzene rings is 3. The molecule has 0 saturated heterocycles. The summed E-state index contributed by atoms with van der Waals surface area (Å²) in [5, 5.41) is 9.11. The van der Waals surface area contributed by atoms with Crippen LogP contribution in [0.15, 0.2) is 78.9 Å². The summed E-state index contributed by atoms with van der Waals surface area (Å²) in [6.45, 7) is 0.685. The van der Waals surface area contributed by atoms with Crippen LogP contribution < -0.4 is 20.7 Å². The highest BCUT2D eigenvalue weighted by Crippen LogP contribution is 2.19. The van der Waals surface area contributed by atoms with Crippen molar-refractivity contribution in [1.82, 2.24) is 5.32 Å². The molecule has 0 unspecified atom stereocenters. The molecule has 1 aliphatic rings. The molecular weight excluding hydrogens is 438 g/mol. The lowest BCUT2D eigenvalue weighted by Crippen LogP contribution is -2.36. The number of rotatable bonds is 10. The van der Waals surface area contributed by atoms with Crippen LogP contribution in [0.5, 0.6) is 5.75 Å². The first-order valence-electron chi connectivity index (χ1n) is 12.4. The lowest BCUT2D eigenvalue weighted by molar-refractivity contribution is -0.114. The van der Waals surface area contributed by atoms with Gasteiger partial charge in [0.2, 0.25) is 5.91 Å². The van der Waals surface area contributed by atoms with Crippen LogP contribution >= 0.6 is 0 Å². The Morgan fingerprint density at radius 2 is 1.60 bits per heavy atom. The number of anilines is 2. The molecule has 3 N–H and O–H groups in total. The molecule has 6 heteroatoms. The maximum atomic E-state index is 12.6. The maximum Gasteiger partial charge on any atom is 0.251 e. The SMILES string of the molecule is O=C(CNc1cccc(OCCc2ccccc2)c1)Nc1cccc(C(=O)NC2CCCCC2)c1. The predicted molar refractivity (Wildman–Crippen MR) is 140 cm³/mol. The Morgan fingerprint density at radius 1 is 0.829 bits per heavy atom. The van der Waals surface area contributed by atoms with E-state index in [0.29, 0.717) is 17.9 Å². The van der Waals surface area contributed by atoms with E-state index < -0.39 is 0 Å². The minimum Gasteiger partial charge on any atom is -0.493 e. The van der Waals surface area contributed by atoms with Crippen LogP contribution in [-0.2, 0) is 11.2 Å². The van der Waals surface area contributed by atoms with E-state index in [4.69, 9.17) is 4.74 Å². The lowest BCUT2D eigenvalue weighted by Gasteiger charge is -2.22. The Morgan fingerprint density at radius 3 is 2.43 bits per heavy atom. The monoisotopic (exact) mass is 471 g/mol. The quantitative estimate of drug-likeness (QED) is 0.369. The van der Waals surface area contributed by atoms with Crippen LogP contribution in [-0.4, -0.2) is 31.0 Å². The molecule has 0 aliphatic heterocycles. The van der Waals surface area contributed by atoms with Crippen LogP contribution in [0.2, 0.25) is 0 Å². The maximum absolute atomic E-state index is 12.6. The molecule has 0 bridgehead atoms. The zero-order chi connectivity index (χ0) is 24.3. The van der Waals surface area contributed by atoms with Crippen molar-refractivity contribution >= 4 is 23.2 Å². The summed E-state index contributed by atoms with van der Waals surface area (Å²) in [7, 11) is 0. The predicted octanol–water partition coefficient (Wildman–Crippen LogP) is 5.42. The molecule has 0 radical (unpaired) electrons. The van der Waals surface area contributed by atoms with Crippen LogP contribution in [0, 0.1) is 0 Å². The highest BCUT2D eigenvalue weighted by molar-refractivity contribution is 5.98. The molecule has 0 heterocycles. The number of nitrogens with one attached hydrogen (secondary N) is 3. The number of carbonyl (C=O) groups is 2. The van der Waals surface area contributed by atoms with Gasteiger partial charge in [0.15, 0.2) is 0 Å². The van der Waals surface area contributed by atoms with Gasteiger partial charge in [-0.3, -0.25) is 9.59 Å². The first kappa shape index (κ1) is 24.3. The fourth-order valence-electron chi connectivity index (χ4n) is 4.27. The molecule has 1 aliphatic carbocycles. The zero-order valence-corrected chi connectivity index (χ0v) is 20.0. The zero-order valence-electron chi connectivity index (χ0n) is 20.0. The highest BCUT2D eigenvalue weighted by atomic mass is 16.5. The number of hydrogen-bond donors (Lipinski definition) is 3. The van der Waals surface area contributed by atoms with E-state index >= 15 is 0 Å². The number of carbonyl (C=O) groups excluding carboxylic acids is 2. The molecule has 4 rings (SSSR count). The highest BCUT2D eigenvalue weighted by Gasteiger charge is 2.17. The van der Waals surface area contributed by atoms with Crippen molar-refractivity contribution < 1.29 is 14.3 Å². The van der Waals surface area contributed by atoms with Gasteiger partial charge in [0, 0.05) is 35.5 Å². The van der Waals surface area contributed by atoms with Crippen molar-refractivity contribution in [3.05, 3.63) is 90.0 Å². The van der Waals surface area contributed by atoms with Gasteiger partial charge in [0.1, 0.15) is 5.75 Å². The number of ether oxygens (including phenoxy) is 1. The Hall–Kier alpha value is -3.80. The van der Waals surface area contributed by atoms with Crippen molar-refractivity contribution in [3.8, 4) is 5.75 Å². The van der Waals surface area contributed by atoms with Crippen molar-refractivity contribution in [1.29, 1.82) is 0 Å². The average Bonchev–Trinajstić information content (AvgIpc) is 2.89. The molecule has 1 fully saturated rings. The van der Waals surface area contributed by atoms with Crippen molar-refractivity contribution in [2.24, 2.45) is 0 Å². The second kappa shape index (κ2) is 12.6. The summed E-state index contributed by atoms with van der Waals surface area (Å²) < 4.78 is 5.86. The number of amides is 2. The second-order valence-corrected chi connectivity index (χ2v) is 8.90. The first-order valence-corrected chi connectivity index (χ1v) is 12.4. The number of hydrogen-bond acceptors (Lipinski definition) is 4. The standard InChI is InChI=1S/C29H33N3O3/c33-28(31-26-15-7-11-23(19-26)29(34)32-24-12-5-2-6-13-24)21-30-25-14-8-16-27(20-25)35-18-17-22-9-3-1-4-10-22/h1,3-4,7-11,14-16,19-20,24,30H,2,5-6,12-13,17-18,21H2,(H,31,33)(H,32,34). The second-order valence-electron chi connectivity index (χ2n) is 8.90. The lowest BCUT2D eigenvalue weighted by atomic mass is 9.95. The molecule has 0 aromatic heterocycles. The molecule has 1 saturated carbocycles. The van der Waals surface area contributed by atoms with E-state index in [1.807, 2.05) is 42.5 Å². The molecule has 0 atom stereocenters. The summed E-state index contributed by atoms with van der Waals surface area (Å²) in [6.07, 6.45) is 6.47.